The summed E-state index contributed by atoms with van der Waals surface area (Å²) < 4.78 is 0. The summed E-state index contributed by atoms with van der Waals surface area (Å²) in [6.45, 7) is 3.40. The van der Waals surface area contributed by atoms with E-state index < -0.39 is 29.6 Å². The van der Waals surface area contributed by atoms with E-state index in [1.54, 1.807) is 26.0 Å². The maximum Gasteiger partial charge on any atom is 0.235 e. The third kappa shape index (κ3) is 2.96. The van der Waals surface area contributed by atoms with E-state index in [1.807, 2.05) is 0 Å². The second kappa shape index (κ2) is 5.72. The summed E-state index contributed by atoms with van der Waals surface area (Å²) in [5.74, 6) is -5.06. The fourth-order valence-electron chi connectivity index (χ4n) is 1.64. The zero-order valence-electron chi connectivity index (χ0n) is 9.18. The molecule has 0 aromatic rings. The number of nitrogens with zero attached hydrogens (tertiary/aromatic N) is 2. The Balaban J connectivity index is 5.31. The van der Waals surface area contributed by atoms with Crippen LogP contribution in [0.2, 0.25) is 0 Å². The van der Waals surface area contributed by atoms with Crippen LogP contribution in [-0.4, -0.2) is 11.8 Å². The zero-order valence-corrected chi connectivity index (χ0v) is 9.18. The normalized spacial score (nSPS) is 15.6. The number of hydrogen-bond donors (Lipinski definition) is 2. The van der Waals surface area contributed by atoms with Gasteiger partial charge in [-0.15, -0.1) is 0 Å². The van der Waals surface area contributed by atoms with Crippen molar-refractivity contribution < 1.29 is 9.59 Å². The van der Waals surface area contributed by atoms with E-state index in [0.717, 1.165) is 0 Å². The minimum absolute atomic E-state index is 0.228. The highest BCUT2D eigenvalue weighted by Crippen LogP contribution is 2.28. The molecule has 6 heteroatoms. The number of primary amides is 2. The molecule has 16 heavy (non-hydrogen) atoms. The Kier molecular flexibility index (Phi) is 4.97. The molecular weight excluding hydrogens is 208 g/mol. The molecule has 0 saturated carbocycles. The van der Waals surface area contributed by atoms with E-state index in [2.05, 4.69) is 0 Å². The van der Waals surface area contributed by atoms with Gasteiger partial charge in [0.2, 0.25) is 11.8 Å². The first-order valence-corrected chi connectivity index (χ1v) is 4.74. The van der Waals surface area contributed by atoms with Gasteiger partial charge in [0.1, 0.15) is 11.8 Å². The number of carbonyl (C=O) groups excluding carboxylic acids is 2. The van der Waals surface area contributed by atoms with Gasteiger partial charge in [-0.2, -0.15) is 10.5 Å². The average Bonchev–Trinajstić information content (AvgIpc) is 2.16. The lowest BCUT2D eigenvalue weighted by molar-refractivity contribution is -0.126. The Bertz CT molecular complexity index is 332. The Morgan fingerprint density at radius 2 is 1.31 bits per heavy atom. The number of nitrogens with two attached hydrogens (primary N) is 2. The molecule has 0 radical (unpaired) electrons. The van der Waals surface area contributed by atoms with Crippen molar-refractivity contribution in [1.29, 1.82) is 10.5 Å². The van der Waals surface area contributed by atoms with Gasteiger partial charge in [-0.05, 0) is 5.92 Å². The smallest absolute Gasteiger partial charge is 0.235 e. The summed E-state index contributed by atoms with van der Waals surface area (Å²) >= 11 is 0. The lowest BCUT2D eigenvalue weighted by Gasteiger charge is -2.25. The van der Waals surface area contributed by atoms with E-state index in [9.17, 15) is 9.59 Å². The van der Waals surface area contributed by atoms with Crippen LogP contribution in [0, 0.1) is 46.3 Å². The summed E-state index contributed by atoms with van der Waals surface area (Å²) in [7, 11) is 0. The molecule has 0 spiro atoms. The maximum absolute atomic E-state index is 11.1. The minimum atomic E-state index is -1.18. The number of carbonyl (C=O) groups is 2. The molecule has 0 aliphatic heterocycles. The van der Waals surface area contributed by atoms with Crippen molar-refractivity contribution in [3.8, 4) is 12.1 Å². The van der Waals surface area contributed by atoms with Gasteiger partial charge >= 0.3 is 0 Å². The lowest BCUT2D eigenvalue weighted by Crippen LogP contribution is -2.40. The van der Waals surface area contributed by atoms with Crippen LogP contribution in [-0.2, 0) is 9.59 Å². The van der Waals surface area contributed by atoms with Crippen LogP contribution in [0.15, 0.2) is 0 Å². The summed E-state index contributed by atoms with van der Waals surface area (Å²) in [4.78, 5) is 22.1. The van der Waals surface area contributed by atoms with Gasteiger partial charge in [-0.1, -0.05) is 13.8 Å². The quantitative estimate of drug-likeness (QED) is 0.648. The van der Waals surface area contributed by atoms with E-state index in [1.165, 1.54) is 0 Å². The topological polar surface area (TPSA) is 134 Å². The molecule has 6 nitrogen and oxygen atoms in total. The van der Waals surface area contributed by atoms with E-state index in [-0.39, 0.29) is 5.92 Å². The van der Waals surface area contributed by atoms with Gasteiger partial charge in [0, 0.05) is 5.92 Å². The Labute approximate surface area is 93.8 Å². The molecule has 0 aliphatic carbocycles. The Morgan fingerprint density at radius 3 is 1.44 bits per heavy atom. The van der Waals surface area contributed by atoms with Gasteiger partial charge in [0.25, 0.3) is 0 Å². The van der Waals surface area contributed by atoms with Crippen molar-refractivity contribution in [2.24, 2.45) is 35.1 Å². The first-order valence-electron chi connectivity index (χ1n) is 4.74. The van der Waals surface area contributed by atoms with Crippen LogP contribution in [0.4, 0.5) is 0 Å². The van der Waals surface area contributed by atoms with Crippen molar-refractivity contribution >= 4 is 11.8 Å². The van der Waals surface area contributed by atoms with Gasteiger partial charge in [0.05, 0.1) is 12.1 Å². The minimum Gasteiger partial charge on any atom is -0.369 e. The van der Waals surface area contributed by atoms with Crippen LogP contribution in [0.5, 0.6) is 0 Å². The molecule has 0 bridgehead atoms. The average molecular weight is 222 g/mol. The largest absolute Gasteiger partial charge is 0.369 e. The molecule has 0 rings (SSSR count). The molecule has 86 valence electrons. The molecule has 0 aromatic heterocycles. The fraction of sp³-hybridized carbons (Fsp3) is 0.600. The van der Waals surface area contributed by atoms with Crippen LogP contribution < -0.4 is 11.5 Å². The molecule has 0 saturated heterocycles. The van der Waals surface area contributed by atoms with E-state index in [0.29, 0.717) is 0 Å². The third-order valence-corrected chi connectivity index (χ3v) is 2.43. The molecular formula is C10H14N4O2. The summed E-state index contributed by atoms with van der Waals surface area (Å²) in [6.07, 6.45) is 0. The van der Waals surface area contributed by atoms with E-state index >= 15 is 0 Å². The third-order valence-electron chi connectivity index (χ3n) is 2.43. The highest BCUT2D eigenvalue weighted by atomic mass is 16.1. The maximum atomic E-state index is 11.1. The monoisotopic (exact) mass is 222 g/mol. The van der Waals surface area contributed by atoms with Gasteiger partial charge in [0.15, 0.2) is 0 Å². The summed E-state index contributed by atoms with van der Waals surface area (Å²) in [5.41, 5.74) is 10.1. The zero-order chi connectivity index (χ0) is 12.9. The molecule has 2 atom stereocenters. The number of hydrogen-bond acceptors (Lipinski definition) is 4. The van der Waals surface area contributed by atoms with Gasteiger partial charge in [-0.25, -0.2) is 0 Å². The van der Waals surface area contributed by atoms with Crippen LogP contribution in [0.1, 0.15) is 13.8 Å². The molecule has 0 heterocycles. The van der Waals surface area contributed by atoms with Crippen molar-refractivity contribution in [3.05, 3.63) is 0 Å². The molecule has 2 amide bonds. The first-order chi connectivity index (χ1) is 7.36. The van der Waals surface area contributed by atoms with Crippen LogP contribution in [0.3, 0.4) is 0 Å². The van der Waals surface area contributed by atoms with E-state index in [4.69, 9.17) is 22.0 Å². The number of amides is 2. The van der Waals surface area contributed by atoms with Crippen molar-refractivity contribution in [2.75, 3.05) is 0 Å². The van der Waals surface area contributed by atoms with Gasteiger partial charge in [-0.3, -0.25) is 9.59 Å². The second-order valence-electron chi connectivity index (χ2n) is 3.84. The number of rotatable bonds is 5. The predicted molar refractivity (Wildman–Crippen MR) is 54.9 cm³/mol. The summed E-state index contributed by atoms with van der Waals surface area (Å²) in [5, 5.41) is 17.7. The van der Waals surface area contributed by atoms with Gasteiger partial charge < -0.3 is 11.5 Å². The second-order valence-corrected chi connectivity index (χ2v) is 3.84. The van der Waals surface area contributed by atoms with Crippen molar-refractivity contribution in [2.45, 2.75) is 13.8 Å². The first kappa shape index (κ1) is 13.9. The Hall–Kier alpha value is -2.08. The number of nitriles is 2. The standard InChI is InChI=1S/C10H14N4O2/c1-5(2)8(6(3-11)9(13)15)7(4-12)10(14)16/h5-8H,1-2H3,(H2,13,15)(H2,14,16). The molecule has 0 aromatic carbocycles. The van der Waals surface area contributed by atoms with Crippen LogP contribution in [0.25, 0.3) is 0 Å². The molecule has 0 fully saturated rings. The van der Waals surface area contributed by atoms with Crippen molar-refractivity contribution in [1.82, 2.24) is 0 Å². The highest BCUT2D eigenvalue weighted by Gasteiger charge is 2.38. The molecule has 4 N–H and O–H groups in total. The SMILES string of the molecule is CC(C)C(C(C#N)C(N)=O)C(C#N)C(N)=O. The lowest BCUT2D eigenvalue weighted by atomic mass is 9.75. The summed E-state index contributed by atoms with van der Waals surface area (Å²) in [6, 6.07) is 3.44. The van der Waals surface area contributed by atoms with Crippen molar-refractivity contribution in [3.63, 3.8) is 0 Å². The molecule has 0 aliphatic rings. The highest BCUT2D eigenvalue weighted by molar-refractivity contribution is 5.83. The Morgan fingerprint density at radius 1 is 1.00 bits per heavy atom. The molecule has 2 unspecified atom stereocenters. The van der Waals surface area contributed by atoms with Crippen LogP contribution >= 0.6 is 0 Å². The fourth-order valence-corrected chi connectivity index (χ4v) is 1.64. The predicted octanol–water partition coefficient (Wildman–Crippen LogP) is -0.491.